The number of aldehydes is 1. The van der Waals surface area contributed by atoms with E-state index in [1.54, 1.807) is 6.92 Å². The summed E-state index contributed by atoms with van der Waals surface area (Å²) in [6.45, 7) is 16.8. The van der Waals surface area contributed by atoms with Crippen molar-refractivity contribution in [2.45, 2.75) is 198 Å². The third-order valence-electron chi connectivity index (χ3n) is 24.1. The zero-order chi connectivity index (χ0) is 105. The van der Waals surface area contributed by atoms with Crippen molar-refractivity contribution in [3.63, 3.8) is 0 Å². The number of aliphatic hydroxyl groups is 6. The van der Waals surface area contributed by atoms with Crippen LogP contribution in [0.4, 0.5) is 40.8 Å². The molecule has 15 atom stereocenters. The molecule has 0 spiro atoms. The quantitative estimate of drug-likeness (QED) is 0.00518. The molecule has 0 aliphatic heterocycles. The van der Waals surface area contributed by atoms with Crippen LogP contribution in [0.5, 0.6) is 0 Å². The molecule has 0 saturated heterocycles. The molecule has 12 aromatic rings. The van der Waals surface area contributed by atoms with Crippen molar-refractivity contribution in [3.8, 4) is 0 Å². The third-order valence-corrected chi connectivity index (χ3v) is 31.7. The molecule has 16 rings (SSSR count). The number of carbonyl (C=O) groups excluding carboxylic acids is 5. The van der Waals surface area contributed by atoms with Crippen LogP contribution in [0.15, 0.2) is 152 Å². The summed E-state index contributed by atoms with van der Waals surface area (Å²) in [7, 11) is -4.14. The molecule has 4 aliphatic carbocycles. The molecule has 0 bridgehead atoms. The van der Waals surface area contributed by atoms with E-state index in [2.05, 4.69) is 116 Å². The average Bonchev–Trinajstić information content (AvgIpc) is 1.66. The largest absolute Gasteiger partial charge is 2.00 e. The number of aliphatic hydroxyl groups excluding tert-OH is 6. The van der Waals surface area contributed by atoms with Crippen LogP contribution >= 0.6 is 154 Å². The van der Waals surface area contributed by atoms with Crippen molar-refractivity contribution < 1.29 is 102 Å². The van der Waals surface area contributed by atoms with Crippen LogP contribution in [0, 0.1) is 71.1 Å². The molecule has 4 aliphatic rings. The van der Waals surface area contributed by atoms with Gasteiger partial charge >= 0.3 is 33.4 Å². The number of hydrogen-bond donors (Lipinski definition) is 11. The van der Waals surface area contributed by atoms with Crippen LogP contribution in [0.3, 0.4) is 0 Å². The summed E-state index contributed by atoms with van der Waals surface area (Å²) in [6.07, 6.45) is 17.5. The maximum atomic E-state index is 14.3. The van der Waals surface area contributed by atoms with E-state index in [0.29, 0.717) is 106 Å². The summed E-state index contributed by atoms with van der Waals surface area (Å²) in [5.74, 6) is 0.717. The fourth-order valence-corrected chi connectivity index (χ4v) is 23.4. The first-order valence-corrected chi connectivity index (χ1v) is 53.5. The Bertz CT molecular complexity index is 6340. The number of benzene rings is 4. The fraction of sp³-hybridized carbons (Fsp3) is 0.392. The molecule has 0 radical (unpaired) electrons. The Kier molecular flexibility index (Phi) is 57.5. The van der Waals surface area contributed by atoms with Crippen molar-refractivity contribution in [1.82, 2.24) is 39.9 Å². The van der Waals surface area contributed by atoms with Gasteiger partial charge in [-0.2, -0.15) is 22.3 Å². The van der Waals surface area contributed by atoms with Gasteiger partial charge in [-0.25, -0.2) is 62.6 Å². The molecular weight excluding hydrogens is 2340 g/mol. The van der Waals surface area contributed by atoms with Crippen molar-refractivity contribution in [3.05, 3.63) is 299 Å². The van der Waals surface area contributed by atoms with Crippen LogP contribution in [0.1, 0.15) is 272 Å². The molecule has 8 aromatic heterocycles. The number of aromatic nitrogens is 8. The van der Waals surface area contributed by atoms with Crippen molar-refractivity contribution >= 4 is 240 Å². The van der Waals surface area contributed by atoms with Crippen LogP contribution in [0.25, 0.3) is 0 Å². The predicted octanol–water partition coefficient (Wildman–Crippen LogP) is 22.8. The van der Waals surface area contributed by atoms with Gasteiger partial charge in [-0.3, -0.25) is 28.2 Å². The minimum Gasteiger partial charge on any atom is -1.00 e. The molecule has 27 nitrogen and oxygen atoms in total. The third kappa shape index (κ3) is 37.1. The summed E-state index contributed by atoms with van der Waals surface area (Å²) in [6, 6.07) is 22.0. The molecule has 12 N–H and O–H groups in total. The molecule has 4 saturated carbocycles. The second-order valence-corrected chi connectivity index (χ2v) is 44.6. The number of hydrogen-bond acceptors (Lipinski definition) is 30. The number of halogens is 14. The fourth-order valence-electron chi connectivity index (χ4n) is 16.8. The maximum Gasteiger partial charge on any atom is 2.00 e. The number of anilines is 4. The number of thiophene rings is 4. The second-order valence-electron chi connectivity index (χ2n) is 34.2. The molecule has 4 aromatic carbocycles. The van der Waals surface area contributed by atoms with Gasteiger partial charge in [-0.15, -0.1) is 45.3 Å². The number of nitrogens with two attached hydrogens (primary N) is 1. The monoisotopic (exact) mass is 2450 g/mol. The molecule has 47 heteroatoms. The van der Waals surface area contributed by atoms with Gasteiger partial charge in [0.15, 0.2) is 6.29 Å². The standard InChI is InChI=1S/C24H24Cl2FN3O2S.C23H22Cl2FN3O3S.C22H21Cl2FN4O6S2.C18H20ClN3O2S.C6H3BrClF.C3H7.C2H6O.4CH4.BrH.Mg/c1-3-13-7-15(6-12(13)2)30-24-18(10-28-11-29-24)22(32)20-9-17(23(26)33-20)21(31)16-8-14(25)4-5-19(16)27;1-11-4-14(5-12(11)9-30)29-23-17(8-27-10-28-23)21(32)19-7-16(22(25)33-19)20(31)15-6-13(24)2-3-18(15)26;23-11-1-2-16(25)13(4-11)19(31)14-6-18(36-21(14)24)20(32)15-7-27-9-28-22(15)29-12-3-10(17(30)5-12)8-35-37(26,33)34;1-3-11-5-13(4-10(11)2)22-18-14(7-20-9-21-18)16(24)15-6-12(8-23)17(19)25-15;7-5-3-4(8)1-2-6(5)9;1-3-2;1-2-3;;;;;;/h4-5,8-13,15,21,31H,3,6-7H2,1-2H3,(H,28,29,30);2-3,6-8,10-12,14,20,30-31H,4-5,9H2,1H3,(H,27,28,29);1-2,4,6-7,9-10,12,17,19,30-31H,3,5,8H2,(H2,26,33,34)(H,27,28,29);6-11,13H,3-5H2,1-2H3,(H,20,21,22);1-3H;3H,1-2H3;3H,2H2,1H3;4*1H4;1H;/q;;;;;-1;;;;;;;+2/p-1/t12-,13-,15-,21?;11-,12+,14-,20?;10-,12-,17+,19?;10-,11-,13-;;;;;;;;;/m0010........./s1. The zero-order valence-corrected chi connectivity index (χ0v) is 93.7. The smallest absolute Gasteiger partial charge is 1.00 e. The van der Waals surface area contributed by atoms with Gasteiger partial charge in [0.2, 0.25) is 23.1 Å². The Morgan fingerprint density at radius 1 is 0.463 bits per heavy atom. The van der Waals surface area contributed by atoms with Gasteiger partial charge in [-0.1, -0.05) is 170 Å². The maximum absolute atomic E-state index is 14.3. The minimum absolute atomic E-state index is 0. The van der Waals surface area contributed by atoms with Gasteiger partial charge < -0.3 is 75.3 Å². The van der Waals surface area contributed by atoms with Gasteiger partial charge in [0, 0.05) is 127 Å². The SMILES string of the molecule is C.C.C.C.CCO.CC[C@H]1C[C@@H](Nc2ncncc2C(=O)c2cc(C(O)c3cc(Cl)ccc3F)c(Cl)s2)C[C@@H]1C.CC[C@H]1C[C@@H](Nc2ncncc2C(=O)c2cc(C=O)c(Cl)s2)C[C@@H]1C.C[C@H]1C[C@H](Nc2ncncc2C(=O)c2cc(C(O)c3cc(Cl)ccc3F)c(Cl)s2)C[C@@H]1CO.C[CH-]C.Fc1ccc(Cl)cc1Br.NS(=O)(=O)OC[C@H]1C[C@@H](Nc2ncncc2C(=O)c2cc(C(O)c3cc(Cl)ccc3F)c(Cl)s2)C[C@@H]1O.[Br-].[Mg+2]. The summed E-state index contributed by atoms with van der Waals surface area (Å²) in [4.78, 5) is 97.8. The normalized spacial score (nSPS) is 19.2. The topological polar surface area (TPSA) is 427 Å². The van der Waals surface area contributed by atoms with Crippen molar-refractivity contribution in [1.29, 1.82) is 0 Å². The van der Waals surface area contributed by atoms with E-state index in [-0.39, 0.29) is 231 Å². The van der Waals surface area contributed by atoms with Crippen LogP contribution in [0.2, 0.25) is 37.4 Å². The number of nitrogens with zero attached hydrogens (tertiary/aromatic N) is 8. The van der Waals surface area contributed by atoms with Gasteiger partial charge in [-0.05, 0) is 207 Å². The van der Waals surface area contributed by atoms with E-state index in [4.69, 9.17) is 103 Å². The zero-order valence-electron chi connectivity index (χ0n) is 79.0. The molecule has 149 heavy (non-hydrogen) atoms. The number of ketones is 4. The van der Waals surface area contributed by atoms with E-state index in [1.165, 1.54) is 135 Å². The van der Waals surface area contributed by atoms with E-state index in [0.717, 1.165) is 109 Å². The Balaban J connectivity index is 0.000000391. The Labute approximate surface area is 957 Å². The average molecular weight is 2460 g/mol. The number of nitrogens with one attached hydrogen (secondary N) is 4. The van der Waals surface area contributed by atoms with E-state index in [9.17, 15) is 75.5 Å². The van der Waals surface area contributed by atoms with Gasteiger partial charge in [0.05, 0.1) is 72.0 Å². The number of carbonyl (C=O) groups is 5. The van der Waals surface area contributed by atoms with E-state index < -0.39 is 63.9 Å². The molecule has 0 amide bonds. The Morgan fingerprint density at radius 2 is 0.738 bits per heavy atom. The van der Waals surface area contributed by atoms with Crippen LogP contribution in [-0.2, 0) is 14.5 Å². The molecular formula is C102H119Br2Cl8F4MgN13O14S5. The van der Waals surface area contributed by atoms with Gasteiger partial charge in [0.1, 0.15) is 94.5 Å². The summed E-state index contributed by atoms with van der Waals surface area (Å²) >= 11 is 55.3. The first-order chi connectivity index (χ1) is 68.0. The number of rotatable bonds is 29. The molecule has 8 heterocycles. The first kappa shape index (κ1) is 134. The summed E-state index contributed by atoms with van der Waals surface area (Å²) in [5, 5.41) is 79.0. The Hall–Kier alpha value is -7.05. The molecule has 806 valence electrons. The van der Waals surface area contributed by atoms with Crippen LogP contribution in [-0.4, -0.2) is 181 Å². The summed E-state index contributed by atoms with van der Waals surface area (Å²) < 4.78 is 83.0. The second kappa shape index (κ2) is 63.8. The van der Waals surface area contributed by atoms with E-state index in [1.807, 2.05) is 20.3 Å². The van der Waals surface area contributed by atoms with Crippen molar-refractivity contribution in [2.75, 3.05) is 41.1 Å². The Morgan fingerprint density at radius 3 is 1.01 bits per heavy atom. The minimum atomic E-state index is -4.14. The van der Waals surface area contributed by atoms with Crippen LogP contribution < -0.4 is 43.4 Å². The molecule has 4 fully saturated rings. The van der Waals surface area contributed by atoms with Crippen molar-refractivity contribution in [2.24, 2.45) is 46.6 Å². The molecule has 3 unspecified atom stereocenters. The predicted molar refractivity (Wildman–Crippen MR) is 592 cm³/mol. The summed E-state index contributed by atoms with van der Waals surface area (Å²) in [5.41, 5.74) is 1.92. The van der Waals surface area contributed by atoms with E-state index >= 15 is 0 Å². The van der Waals surface area contributed by atoms with Gasteiger partial charge in [0.25, 0.3) is 0 Å². The first-order valence-electron chi connectivity index (χ1n) is 44.9.